The van der Waals surface area contributed by atoms with Gasteiger partial charge in [-0.3, -0.25) is 0 Å². The molecule has 2 aliphatic rings. The molecule has 0 unspecified atom stereocenters. The molecule has 1 spiro atoms. The van der Waals surface area contributed by atoms with E-state index in [2.05, 4.69) is 11.9 Å². The van der Waals surface area contributed by atoms with Crippen LogP contribution in [-0.4, -0.2) is 29.6 Å². The summed E-state index contributed by atoms with van der Waals surface area (Å²) in [5, 5.41) is 3.10. The molecule has 0 radical (unpaired) electrons. The van der Waals surface area contributed by atoms with Crippen molar-refractivity contribution in [3.63, 3.8) is 0 Å². The summed E-state index contributed by atoms with van der Waals surface area (Å²) in [6.07, 6.45) is 6.58. The van der Waals surface area contributed by atoms with E-state index in [9.17, 15) is 4.79 Å². The van der Waals surface area contributed by atoms with E-state index in [1.807, 2.05) is 4.90 Å². The van der Waals surface area contributed by atoms with Crippen LogP contribution in [0.15, 0.2) is 12.7 Å². The molecule has 3 nitrogen and oxygen atoms in total. The average Bonchev–Trinajstić information content (AvgIpc) is 2.63. The molecule has 0 aromatic heterocycles. The Balaban J connectivity index is 2.04. The quantitative estimate of drug-likeness (QED) is 0.642. The number of urea groups is 1. The summed E-state index contributed by atoms with van der Waals surface area (Å²) in [7, 11) is 0. The van der Waals surface area contributed by atoms with E-state index in [0.29, 0.717) is 6.54 Å². The molecule has 1 aliphatic carbocycles. The number of nitrogens with one attached hydrogen (secondary N) is 1. The number of rotatable bonds is 2. The largest absolute Gasteiger partial charge is 0.331 e. The van der Waals surface area contributed by atoms with Crippen LogP contribution in [0.5, 0.6) is 0 Å². The van der Waals surface area contributed by atoms with Gasteiger partial charge < -0.3 is 10.2 Å². The van der Waals surface area contributed by atoms with Gasteiger partial charge in [0.2, 0.25) is 0 Å². The van der Waals surface area contributed by atoms with E-state index in [4.69, 9.17) is 0 Å². The van der Waals surface area contributed by atoms with Crippen molar-refractivity contribution in [2.45, 2.75) is 31.2 Å². The number of hydrogen-bond acceptors (Lipinski definition) is 1. The maximum absolute atomic E-state index is 11.5. The second-order valence-electron chi connectivity index (χ2n) is 4.09. The third-order valence-electron chi connectivity index (χ3n) is 3.06. The van der Waals surface area contributed by atoms with Gasteiger partial charge in [0.25, 0.3) is 0 Å². The van der Waals surface area contributed by atoms with Gasteiger partial charge in [0, 0.05) is 13.1 Å². The van der Waals surface area contributed by atoms with Gasteiger partial charge in [-0.15, -0.1) is 6.58 Å². The van der Waals surface area contributed by atoms with Gasteiger partial charge in [-0.2, -0.15) is 0 Å². The normalized spacial score (nSPS) is 25.2. The zero-order chi connectivity index (χ0) is 9.31. The smallest absolute Gasteiger partial charge is 0.318 e. The zero-order valence-electron chi connectivity index (χ0n) is 7.88. The van der Waals surface area contributed by atoms with Crippen LogP contribution in [0.4, 0.5) is 4.79 Å². The van der Waals surface area contributed by atoms with Crippen molar-refractivity contribution >= 4 is 6.03 Å². The second-order valence-corrected chi connectivity index (χ2v) is 4.09. The highest BCUT2D eigenvalue weighted by molar-refractivity contribution is 5.78. The molecule has 13 heavy (non-hydrogen) atoms. The van der Waals surface area contributed by atoms with Gasteiger partial charge in [-0.25, -0.2) is 4.79 Å². The Morgan fingerprint density at radius 1 is 1.54 bits per heavy atom. The van der Waals surface area contributed by atoms with E-state index in [0.717, 1.165) is 19.4 Å². The van der Waals surface area contributed by atoms with Gasteiger partial charge in [-0.1, -0.05) is 18.9 Å². The lowest BCUT2D eigenvalue weighted by Gasteiger charge is -2.21. The molecule has 1 heterocycles. The van der Waals surface area contributed by atoms with Crippen LogP contribution in [-0.2, 0) is 0 Å². The number of nitrogens with zero attached hydrogens (tertiary/aromatic N) is 1. The summed E-state index contributed by atoms with van der Waals surface area (Å²) >= 11 is 0. The summed E-state index contributed by atoms with van der Waals surface area (Å²) < 4.78 is 0. The molecule has 1 N–H and O–H groups in total. The molecule has 0 bridgehead atoms. The predicted molar refractivity (Wildman–Crippen MR) is 51.5 cm³/mol. The lowest BCUT2D eigenvalue weighted by atomic mass is 9.99. The van der Waals surface area contributed by atoms with Gasteiger partial charge in [0.15, 0.2) is 0 Å². The second kappa shape index (κ2) is 3.05. The molecule has 0 atom stereocenters. The summed E-state index contributed by atoms with van der Waals surface area (Å²) in [5.74, 6) is 0. The summed E-state index contributed by atoms with van der Waals surface area (Å²) in [6, 6.07) is 0.0850. The van der Waals surface area contributed by atoms with Crippen molar-refractivity contribution in [1.29, 1.82) is 0 Å². The number of hydrogen-bond donors (Lipinski definition) is 1. The first kappa shape index (κ1) is 8.60. The van der Waals surface area contributed by atoms with Crippen molar-refractivity contribution in [3.05, 3.63) is 12.7 Å². The van der Waals surface area contributed by atoms with Crippen LogP contribution in [0, 0.1) is 0 Å². The van der Waals surface area contributed by atoms with E-state index >= 15 is 0 Å². The summed E-state index contributed by atoms with van der Waals surface area (Å²) in [4.78, 5) is 13.3. The Morgan fingerprint density at radius 3 is 2.85 bits per heavy atom. The fourth-order valence-corrected chi connectivity index (χ4v) is 2.42. The molecule has 0 aromatic rings. The Hall–Kier alpha value is -0.990. The van der Waals surface area contributed by atoms with Gasteiger partial charge >= 0.3 is 6.03 Å². The predicted octanol–water partition coefficient (Wildman–Crippen LogP) is 1.51. The fourth-order valence-electron chi connectivity index (χ4n) is 2.42. The number of carbonyl (C=O) groups excluding carboxylic acids is 1. The highest BCUT2D eigenvalue weighted by atomic mass is 16.2. The molecule has 1 aliphatic heterocycles. The van der Waals surface area contributed by atoms with Crippen LogP contribution in [0.1, 0.15) is 25.7 Å². The van der Waals surface area contributed by atoms with Gasteiger partial charge in [-0.05, 0) is 12.8 Å². The monoisotopic (exact) mass is 180 g/mol. The first-order chi connectivity index (χ1) is 6.26. The van der Waals surface area contributed by atoms with Crippen molar-refractivity contribution < 1.29 is 4.79 Å². The molecule has 2 amide bonds. The average molecular weight is 180 g/mol. The van der Waals surface area contributed by atoms with Gasteiger partial charge in [0.05, 0.1) is 5.54 Å². The van der Waals surface area contributed by atoms with E-state index in [1.165, 1.54) is 12.8 Å². The summed E-state index contributed by atoms with van der Waals surface area (Å²) in [5.41, 5.74) is 0.111. The van der Waals surface area contributed by atoms with Crippen molar-refractivity contribution in [2.24, 2.45) is 0 Å². The first-order valence-corrected chi connectivity index (χ1v) is 4.94. The van der Waals surface area contributed by atoms with Crippen LogP contribution in [0.2, 0.25) is 0 Å². The minimum absolute atomic E-state index is 0.0850. The molecule has 2 fully saturated rings. The molecule has 0 aromatic carbocycles. The van der Waals surface area contributed by atoms with Crippen molar-refractivity contribution in [3.8, 4) is 0 Å². The van der Waals surface area contributed by atoms with Crippen LogP contribution >= 0.6 is 0 Å². The third-order valence-corrected chi connectivity index (χ3v) is 3.06. The standard InChI is InChI=1S/C10H16N2O/c1-2-7-12-8-10(11-9(12)13)5-3-4-6-10/h2H,1,3-8H2,(H,11,13). The Bertz CT molecular complexity index is 231. The van der Waals surface area contributed by atoms with Crippen LogP contribution < -0.4 is 5.32 Å². The molecular weight excluding hydrogens is 164 g/mol. The molecular formula is C10H16N2O. The molecule has 1 saturated carbocycles. The Labute approximate surface area is 78.8 Å². The Morgan fingerprint density at radius 2 is 2.23 bits per heavy atom. The topological polar surface area (TPSA) is 32.3 Å². The lowest BCUT2D eigenvalue weighted by Crippen LogP contribution is -2.40. The molecule has 1 saturated heterocycles. The summed E-state index contributed by atoms with van der Waals surface area (Å²) in [6.45, 7) is 5.20. The van der Waals surface area contributed by atoms with Crippen LogP contribution in [0.25, 0.3) is 0 Å². The molecule has 3 heteroatoms. The lowest BCUT2D eigenvalue weighted by molar-refractivity contribution is 0.222. The minimum atomic E-state index is 0.0850. The molecule has 72 valence electrons. The maximum atomic E-state index is 11.5. The van der Waals surface area contributed by atoms with Crippen molar-refractivity contribution in [1.82, 2.24) is 10.2 Å². The minimum Gasteiger partial charge on any atom is -0.331 e. The fraction of sp³-hybridized carbons (Fsp3) is 0.700. The zero-order valence-corrected chi connectivity index (χ0v) is 7.88. The highest BCUT2D eigenvalue weighted by Gasteiger charge is 2.43. The third kappa shape index (κ3) is 1.43. The van der Waals surface area contributed by atoms with E-state index < -0.39 is 0 Å². The van der Waals surface area contributed by atoms with Crippen LogP contribution in [0.3, 0.4) is 0 Å². The van der Waals surface area contributed by atoms with E-state index in [-0.39, 0.29) is 11.6 Å². The van der Waals surface area contributed by atoms with Gasteiger partial charge in [0.1, 0.15) is 0 Å². The number of amides is 2. The SMILES string of the molecule is C=CCN1CC2(CCCC2)NC1=O. The Kier molecular flexibility index (Phi) is 2.02. The van der Waals surface area contributed by atoms with Crippen molar-refractivity contribution in [2.75, 3.05) is 13.1 Å². The highest BCUT2D eigenvalue weighted by Crippen LogP contribution is 2.33. The molecule has 2 rings (SSSR count). The first-order valence-electron chi connectivity index (χ1n) is 4.94. The number of carbonyl (C=O) groups is 1. The van der Waals surface area contributed by atoms with E-state index in [1.54, 1.807) is 6.08 Å². The maximum Gasteiger partial charge on any atom is 0.318 e.